The number of pyridine rings is 1. The summed E-state index contributed by atoms with van der Waals surface area (Å²) < 4.78 is 21.5. The molecule has 2 aliphatic heterocycles. The Bertz CT molecular complexity index is 1990. The van der Waals surface area contributed by atoms with Crippen LogP contribution < -0.4 is 9.30 Å². The quantitative estimate of drug-likeness (QED) is 0.237. The van der Waals surface area contributed by atoms with Crippen molar-refractivity contribution in [1.29, 1.82) is 0 Å². The molecule has 4 aliphatic rings. The number of hydrogen-bond acceptors (Lipinski definition) is 4. The van der Waals surface area contributed by atoms with Gasteiger partial charge in [0.2, 0.25) is 11.2 Å². The van der Waals surface area contributed by atoms with Crippen molar-refractivity contribution in [3.05, 3.63) is 95.1 Å². The fraction of sp³-hybridized carbons (Fsp3) is 0.378. The van der Waals surface area contributed by atoms with Gasteiger partial charge in [0, 0.05) is 36.5 Å². The van der Waals surface area contributed by atoms with Gasteiger partial charge in [-0.3, -0.25) is 0 Å². The molecule has 0 saturated heterocycles. The number of hydrogen-bond donors (Lipinski definition) is 1. The summed E-state index contributed by atoms with van der Waals surface area (Å²) in [6.07, 6.45) is 1.50. The molecule has 0 radical (unpaired) electrons. The molecule has 1 fully saturated rings. The second-order valence-corrected chi connectivity index (χ2v) is 13.4. The van der Waals surface area contributed by atoms with Crippen molar-refractivity contribution in [3.8, 4) is 17.0 Å². The van der Waals surface area contributed by atoms with Gasteiger partial charge in [-0.15, -0.1) is 0 Å². The van der Waals surface area contributed by atoms with E-state index in [1.54, 1.807) is 7.11 Å². The molecule has 5 unspecified atom stereocenters. The highest BCUT2D eigenvalue weighted by Crippen LogP contribution is 2.77. The van der Waals surface area contributed by atoms with Crippen LogP contribution in [-0.2, 0) is 21.1 Å². The molecule has 4 heterocycles. The number of aromatic nitrogens is 1. The molecular formula is C37H36NO4+. The summed E-state index contributed by atoms with van der Waals surface area (Å²) in [4.78, 5) is 0. The maximum Gasteiger partial charge on any atom is 0.260 e. The zero-order valence-electron chi connectivity index (χ0n) is 24.8. The predicted molar refractivity (Wildman–Crippen MR) is 162 cm³/mol. The minimum atomic E-state index is -1.11. The van der Waals surface area contributed by atoms with Crippen LogP contribution in [0, 0.1) is 0 Å². The molecule has 5 nitrogen and oxygen atoms in total. The average Bonchev–Trinajstić information content (AvgIpc) is 3.38. The van der Waals surface area contributed by atoms with Crippen molar-refractivity contribution in [2.45, 2.75) is 74.5 Å². The lowest BCUT2D eigenvalue weighted by Gasteiger charge is -2.35. The van der Waals surface area contributed by atoms with Crippen molar-refractivity contribution < 1.29 is 23.6 Å². The minimum absolute atomic E-state index is 0.0359. The van der Waals surface area contributed by atoms with Crippen LogP contribution in [-0.4, -0.2) is 24.4 Å². The largest absolute Gasteiger partial charge is 0.485 e. The molecule has 0 amide bonds. The minimum Gasteiger partial charge on any atom is -0.485 e. The van der Waals surface area contributed by atoms with E-state index in [2.05, 4.69) is 92.9 Å². The number of furan rings is 1. The number of rotatable bonds is 4. The van der Waals surface area contributed by atoms with Gasteiger partial charge in [-0.2, -0.15) is 4.57 Å². The smallest absolute Gasteiger partial charge is 0.260 e. The second-order valence-electron chi connectivity index (χ2n) is 13.4. The van der Waals surface area contributed by atoms with Gasteiger partial charge in [0.25, 0.3) is 5.52 Å². The number of nitrogens with zero attached hydrogens (tertiary/aromatic N) is 1. The first-order valence-electron chi connectivity index (χ1n) is 15.3. The average molecular weight is 559 g/mol. The highest BCUT2D eigenvalue weighted by Gasteiger charge is 2.95. The lowest BCUT2D eigenvalue weighted by Crippen LogP contribution is -2.57. The van der Waals surface area contributed by atoms with Crippen molar-refractivity contribution in [2.75, 3.05) is 13.7 Å². The van der Waals surface area contributed by atoms with E-state index in [-0.39, 0.29) is 24.0 Å². The van der Waals surface area contributed by atoms with Crippen LogP contribution in [0.4, 0.5) is 0 Å². The van der Waals surface area contributed by atoms with Gasteiger partial charge in [0.1, 0.15) is 22.9 Å². The summed E-state index contributed by atoms with van der Waals surface area (Å²) in [5.74, 6) is 1.21. The molecule has 5 atom stereocenters. The summed E-state index contributed by atoms with van der Waals surface area (Å²) in [6.45, 7) is 9.49. The van der Waals surface area contributed by atoms with E-state index >= 15 is 0 Å². The van der Waals surface area contributed by atoms with Crippen LogP contribution in [0.3, 0.4) is 0 Å². The van der Waals surface area contributed by atoms with Crippen LogP contribution in [0.15, 0.2) is 77.2 Å². The molecule has 0 bridgehead atoms. The lowest BCUT2D eigenvalue weighted by atomic mass is 9.68. The Morgan fingerprint density at radius 3 is 2.43 bits per heavy atom. The molecule has 1 N–H and O–H groups in total. The number of para-hydroxylation sites is 2. The molecule has 5 heteroatoms. The number of ether oxygens (including phenoxy) is 2. The Balaban J connectivity index is 1.44. The van der Waals surface area contributed by atoms with Gasteiger partial charge in [0.15, 0.2) is 11.2 Å². The number of aliphatic hydroxyl groups is 1. The van der Waals surface area contributed by atoms with Gasteiger partial charge in [-0.1, -0.05) is 64.1 Å². The Kier molecular flexibility index (Phi) is 4.52. The monoisotopic (exact) mass is 558 g/mol. The zero-order chi connectivity index (χ0) is 28.8. The Morgan fingerprint density at radius 2 is 1.64 bits per heavy atom. The maximum absolute atomic E-state index is 13.1. The molecule has 3 aromatic carbocycles. The van der Waals surface area contributed by atoms with E-state index in [1.165, 1.54) is 27.8 Å². The lowest BCUT2D eigenvalue weighted by molar-refractivity contribution is -0.718. The number of methoxy groups -OCH3 is 1. The van der Waals surface area contributed by atoms with Gasteiger partial charge >= 0.3 is 0 Å². The van der Waals surface area contributed by atoms with Crippen LogP contribution >= 0.6 is 0 Å². The molecular weight excluding hydrogens is 522 g/mol. The van der Waals surface area contributed by atoms with Gasteiger partial charge in [-0.05, 0) is 53.4 Å². The van der Waals surface area contributed by atoms with Crippen molar-refractivity contribution >= 4 is 22.1 Å². The van der Waals surface area contributed by atoms with Gasteiger partial charge < -0.3 is 19.0 Å². The first-order valence-corrected chi connectivity index (χ1v) is 15.3. The highest BCUT2D eigenvalue weighted by atomic mass is 16.5. The van der Waals surface area contributed by atoms with E-state index in [0.717, 1.165) is 46.4 Å². The second kappa shape index (κ2) is 7.64. The SMILES string of the molecule is CCC12c3c(ccc4c3C(C)(C)C3c5ccccc5OC43)-c3ccc4oc5ccccc5c4[n+]3C1(CC)C2(O)COC. The Labute approximate surface area is 245 Å². The molecule has 42 heavy (non-hydrogen) atoms. The summed E-state index contributed by atoms with van der Waals surface area (Å²) in [6, 6.07) is 25.7. The maximum atomic E-state index is 13.1. The molecule has 1 saturated carbocycles. The molecule has 5 aromatic rings. The third-order valence-electron chi connectivity index (χ3n) is 11.7. The normalized spacial score (nSPS) is 30.7. The van der Waals surface area contributed by atoms with E-state index in [4.69, 9.17) is 13.9 Å². The zero-order valence-corrected chi connectivity index (χ0v) is 24.8. The summed E-state index contributed by atoms with van der Waals surface area (Å²) in [5, 5.41) is 14.2. The first kappa shape index (κ1) is 24.9. The fourth-order valence-electron chi connectivity index (χ4n) is 10.4. The van der Waals surface area contributed by atoms with Gasteiger partial charge in [0.05, 0.1) is 17.6 Å². The summed E-state index contributed by atoms with van der Waals surface area (Å²) in [5.41, 5.74) is 7.77. The van der Waals surface area contributed by atoms with Crippen molar-refractivity contribution in [1.82, 2.24) is 0 Å². The van der Waals surface area contributed by atoms with E-state index in [9.17, 15) is 5.11 Å². The highest BCUT2D eigenvalue weighted by molar-refractivity contribution is 6.01. The third-order valence-corrected chi connectivity index (χ3v) is 11.7. The fourth-order valence-corrected chi connectivity index (χ4v) is 10.4. The van der Waals surface area contributed by atoms with Crippen LogP contribution in [0.25, 0.3) is 33.3 Å². The topological polar surface area (TPSA) is 55.7 Å². The van der Waals surface area contributed by atoms with E-state index in [1.807, 2.05) is 12.1 Å². The molecule has 0 spiro atoms. The standard InChI is InChI=1S/C37H36NO4/c1-6-35-30-21(16-17-24-29(30)34(3,4)31-22-12-8-10-14-26(22)42-33(24)31)25-18-19-28-32(23-13-9-11-15-27(23)41-28)38(25)36(35,7-2)37(35,39)20-40-5/h8-19,31,33,39H,6-7,20H2,1-5H3/q+1. The number of fused-ring (bicyclic) bond motifs is 16. The predicted octanol–water partition coefficient (Wildman–Crippen LogP) is 7.21. The van der Waals surface area contributed by atoms with Gasteiger partial charge in [-0.25, -0.2) is 0 Å². The molecule has 2 aromatic heterocycles. The Hall–Kier alpha value is -3.67. The van der Waals surface area contributed by atoms with Crippen LogP contribution in [0.5, 0.6) is 5.75 Å². The third kappa shape index (κ3) is 2.34. The van der Waals surface area contributed by atoms with E-state index < -0.39 is 16.6 Å². The molecule has 9 rings (SSSR count). The van der Waals surface area contributed by atoms with E-state index in [0.29, 0.717) is 0 Å². The molecule has 2 aliphatic carbocycles. The first-order chi connectivity index (χ1) is 20.3. The van der Waals surface area contributed by atoms with Crippen LogP contribution in [0.2, 0.25) is 0 Å². The number of benzene rings is 3. The summed E-state index contributed by atoms with van der Waals surface area (Å²) in [7, 11) is 1.71. The summed E-state index contributed by atoms with van der Waals surface area (Å²) >= 11 is 0. The van der Waals surface area contributed by atoms with Crippen molar-refractivity contribution in [2.24, 2.45) is 0 Å². The molecule has 212 valence electrons. The Morgan fingerprint density at radius 1 is 0.857 bits per heavy atom. The van der Waals surface area contributed by atoms with Crippen LogP contribution in [0.1, 0.15) is 74.8 Å². The van der Waals surface area contributed by atoms with Crippen molar-refractivity contribution in [3.63, 3.8) is 0 Å².